The van der Waals surface area contributed by atoms with Crippen molar-refractivity contribution in [2.75, 3.05) is 20.8 Å². The summed E-state index contributed by atoms with van der Waals surface area (Å²) in [4.78, 5) is 74.0. The summed E-state index contributed by atoms with van der Waals surface area (Å²) in [5, 5.41) is 9.55. The van der Waals surface area contributed by atoms with Gasteiger partial charge in [-0.2, -0.15) is 0 Å². The fraction of sp³-hybridized carbons (Fsp3) is 0.684. The molecular weight excluding hydrogens is 649 g/mol. The van der Waals surface area contributed by atoms with Crippen molar-refractivity contribution < 1.29 is 38.2 Å². The van der Waals surface area contributed by atoms with E-state index in [1.165, 1.54) is 49.5 Å². The highest BCUT2D eigenvalue weighted by molar-refractivity contribution is 14.2. The molecule has 6 amide bonds. The van der Waals surface area contributed by atoms with Crippen LogP contribution in [0.2, 0.25) is 0 Å². The van der Waals surface area contributed by atoms with E-state index in [4.69, 9.17) is 0 Å². The van der Waals surface area contributed by atoms with Gasteiger partial charge in [-0.05, 0) is 50.9 Å². The van der Waals surface area contributed by atoms with Crippen LogP contribution in [0, 0.1) is 0 Å². The van der Waals surface area contributed by atoms with Gasteiger partial charge in [-0.25, -0.2) is 9.59 Å². The van der Waals surface area contributed by atoms with Crippen LogP contribution >= 0.6 is 49.8 Å². The molecular formula is C19H30IN5O8S3. The second-order valence-electron chi connectivity index (χ2n) is 7.54. The Morgan fingerprint density at radius 1 is 1.03 bits per heavy atom. The Morgan fingerprint density at radius 3 is 2.28 bits per heavy atom. The molecule has 13 nitrogen and oxygen atoms in total. The predicted molar refractivity (Wildman–Crippen MR) is 146 cm³/mol. The van der Waals surface area contributed by atoms with Gasteiger partial charge in [0, 0.05) is 34.2 Å². The number of nitrogens with one attached hydrogen (secondary N) is 4. The first-order valence-electron chi connectivity index (χ1n) is 10.8. The Labute approximate surface area is 232 Å². The van der Waals surface area contributed by atoms with E-state index in [0.29, 0.717) is 19.4 Å². The number of halogens is 1. The van der Waals surface area contributed by atoms with Crippen molar-refractivity contribution >= 4 is 85.6 Å². The third-order valence-electron chi connectivity index (χ3n) is 4.98. The number of rotatable bonds is 14. The number of imide groups is 1. The summed E-state index contributed by atoms with van der Waals surface area (Å²) in [5.74, 6) is -2.04. The highest BCUT2D eigenvalue weighted by Gasteiger charge is 2.43. The first kappa shape index (κ1) is 32.4. The minimum atomic E-state index is -1.06. The van der Waals surface area contributed by atoms with Crippen molar-refractivity contribution in [3.8, 4) is 0 Å². The number of likely N-dealkylation sites (tertiary alicyclic amines) is 1. The minimum absolute atomic E-state index is 0.0215. The number of amides is 6. The quantitative estimate of drug-likeness (QED) is 0.0693. The largest absolute Gasteiger partial charge is 0.453 e. The molecule has 204 valence electrons. The van der Waals surface area contributed by atoms with Gasteiger partial charge in [0.25, 0.3) is 0 Å². The van der Waals surface area contributed by atoms with Crippen LogP contribution in [0.3, 0.4) is 0 Å². The number of alkyl carbamates (subject to hydrolysis) is 2. The SMILES string of the molecule is COC(=O)NCCCCC(NC(=O)OC)C(=O)NC(C)NC(=O)C(C)N1C(=O)CC(SSSI)C1=O. The molecule has 4 unspecified atom stereocenters. The number of carbonyl (C=O) groups excluding carboxylic acids is 6. The molecule has 0 spiro atoms. The third-order valence-corrected chi connectivity index (χ3v) is 11.9. The van der Waals surface area contributed by atoms with E-state index in [-0.39, 0.29) is 12.8 Å². The Kier molecular flexibility index (Phi) is 15.3. The van der Waals surface area contributed by atoms with Gasteiger partial charge in [-0.15, -0.1) is 0 Å². The van der Waals surface area contributed by atoms with E-state index in [9.17, 15) is 28.8 Å². The molecule has 0 aliphatic carbocycles. The Bertz CT molecular complexity index is 824. The molecule has 4 atom stereocenters. The lowest BCUT2D eigenvalue weighted by atomic mass is 10.1. The zero-order valence-corrected chi connectivity index (χ0v) is 24.8. The van der Waals surface area contributed by atoms with Crippen LogP contribution in [0.1, 0.15) is 39.5 Å². The number of methoxy groups -OCH3 is 2. The summed E-state index contributed by atoms with van der Waals surface area (Å²) >= 11 is 2.07. The number of hydrogen-bond acceptors (Lipinski definition) is 11. The second kappa shape index (κ2) is 17.0. The Hall–Kier alpha value is -1.60. The average Bonchev–Trinajstić information content (AvgIpc) is 3.12. The normalized spacial score (nSPS) is 17.6. The topological polar surface area (TPSA) is 172 Å². The zero-order chi connectivity index (χ0) is 27.3. The summed E-state index contributed by atoms with van der Waals surface area (Å²) in [5.41, 5.74) is 0. The standard InChI is InChI=1S/C19H30IN5O8S3/c1-10(25-14(26)9-13(17(25)29)34-36-35-20)15(27)22-11(2)23-16(28)12(24-19(31)33-4)7-5-6-8-21-18(30)32-3/h10-13H,5-9H2,1-4H3,(H,21,30)(H,22,27)(H,23,28)(H,24,31). The first-order valence-corrected chi connectivity index (χ1v) is 16.9. The summed E-state index contributed by atoms with van der Waals surface area (Å²) < 4.78 is 9.04. The first-order chi connectivity index (χ1) is 17.0. The van der Waals surface area contributed by atoms with Crippen molar-refractivity contribution in [2.24, 2.45) is 0 Å². The molecule has 0 aromatic rings. The van der Waals surface area contributed by atoms with Gasteiger partial charge in [0.15, 0.2) is 0 Å². The summed E-state index contributed by atoms with van der Waals surface area (Å²) in [6.07, 6.45) is -0.961. The number of unbranched alkanes of at least 4 members (excludes halogenated alkanes) is 1. The van der Waals surface area contributed by atoms with Gasteiger partial charge in [-0.1, -0.05) is 10.8 Å². The van der Waals surface area contributed by atoms with Gasteiger partial charge in [0.05, 0.1) is 20.4 Å². The molecule has 0 aromatic heterocycles. The van der Waals surface area contributed by atoms with E-state index in [2.05, 4.69) is 51.9 Å². The molecule has 1 heterocycles. The Morgan fingerprint density at radius 2 is 1.67 bits per heavy atom. The maximum Gasteiger partial charge on any atom is 0.407 e. The average molecular weight is 680 g/mol. The molecule has 0 bridgehead atoms. The monoisotopic (exact) mass is 679 g/mol. The van der Waals surface area contributed by atoms with E-state index in [0.717, 1.165) is 12.0 Å². The zero-order valence-electron chi connectivity index (χ0n) is 20.2. The van der Waals surface area contributed by atoms with Gasteiger partial charge >= 0.3 is 12.2 Å². The smallest absolute Gasteiger partial charge is 0.407 e. The van der Waals surface area contributed by atoms with Crippen LogP contribution in [-0.2, 0) is 28.7 Å². The van der Waals surface area contributed by atoms with Crippen LogP contribution in [0.5, 0.6) is 0 Å². The number of hydrogen-bond donors (Lipinski definition) is 4. The van der Waals surface area contributed by atoms with E-state index >= 15 is 0 Å². The molecule has 0 radical (unpaired) electrons. The van der Waals surface area contributed by atoms with Crippen LogP contribution in [-0.4, -0.2) is 85.0 Å². The summed E-state index contributed by atoms with van der Waals surface area (Å²) in [7, 11) is 6.50. The number of ether oxygens (including phenoxy) is 2. The molecule has 1 aliphatic rings. The van der Waals surface area contributed by atoms with Gasteiger partial charge in [0.1, 0.15) is 17.3 Å². The lowest BCUT2D eigenvalue weighted by molar-refractivity contribution is -0.146. The van der Waals surface area contributed by atoms with Gasteiger partial charge < -0.3 is 30.7 Å². The molecule has 4 N–H and O–H groups in total. The highest BCUT2D eigenvalue weighted by Crippen LogP contribution is 2.44. The van der Waals surface area contributed by atoms with Crippen LogP contribution < -0.4 is 21.3 Å². The molecule has 17 heteroatoms. The predicted octanol–water partition coefficient (Wildman–Crippen LogP) is 1.71. The highest BCUT2D eigenvalue weighted by atomic mass is 127. The summed E-state index contributed by atoms with van der Waals surface area (Å²) in [6.45, 7) is 3.28. The maximum atomic E-state index is 12.7. The number of carbonyl (C=O) groups is 6. The van der Waals surface area contributed by atoms with Crippen molar-refractivity contribution in [3.05, 3.63) is 0 Å². The van der Waals surface area contributed by atoms with Crippen molar-refractivity contribution in [3.63, 3.8) is 0 Å². The maximum absolute atomic E-state index is 12.7. The second-order valence-corrected chi connectivity index (χ2v) is 14.4. The van der Waals surface area contributed by atoms with E-state index < -0.39 is 59.3 Å². The number of nitrogens with zero attached hydrogens (tertiary/aromatic N) is 1. The molecule has 0 saturated carbocycles. The molecule has 0 aromatic carbocycles. The van der Waals surface area contributed by atoms with Crippen LogP contribution in [0.15, 0.2) is 0 Å². The Balaban J connectivity index is 2.64. The lowest BCUT2D eigenvalue weighted by Crippen LogP contribution is -2.56. The molecule has 1 rings (SSSR count). The van der Waals surface area contributed by atoms with Gasteiger partial charge in [0.2, 0.25) is 23.6 Å². The molecule has 1 fully saturated rings. The van der Waals surface area contributed by atoms with E-state index in [1.807, 2.05) is 0 Å². The molecule has 36 heavy (non-hydrogen) atoms. The van der Waals surface area contributed by atoms with Crippen LogP contribution in [0.25, 0.3) is 0 Å². The summed E-state index contributed by atoms with van der Waals surface area (Å²) in [6, 6.07) is -2.02. The lowest BCUT2D eigenvalue weighted by Gasteiger charge is -2.25. The van der Waals surface area contributed by atoms with Crippen molar-refractivity contribution in [1.29, 1.82) is 0 Å². The molecule has 1 aliphatic heterocycles. The fourth-order valence-corrected chi connectivity index (χ4v) is 7.94. The fourth-order valence-electron chi connectivity index (χ4n) is 3.17. The van der Waals surface area contributed by atoms with Crippen molar-refractivity contribution in [1.82, 2.24) is 26.2 Å². The van der Waals surface area contributed by atoms with Gasteiger partial charge in [-0.3, -0.25) is 24.1 Å². The van der Waals surface area contributed by atoms with Crippen molar-refractivity contribution in [2.45, 2.75) is 63.0 Å². The minimum Gasteiger partial charge on any atom is -0.453 e. The molecule has 1 saturated heterocycles. The third kappa shape index (κ3) is 10.8. The van der Waals surface area contributed by atoms with Crippen LogP contribution in [0.4, 0.5) is 9.59 Å². The van der Waals surface area contributed by atoms with E-state index in [1.54, 1.807) is 0 Å².